The second-order valence-corrected chi connectivity index (χ2v) is 7.92. The number of piperazine rings is 1. The van der Waals surface area contributed by atoms with Crippen LogP contribution < -0.4 is 10.5 Å². The van der Waals surface area contributed by atoms with Crippen molar-refractivity contribution in [3.8, 4) is 5.75 Å². The number of carbonyl (C=O) groups is 2. The molecule has 1 aliphatic rings. The van der Waals surface area contributed by atoms with Crippen molar-refractivity contribution in [3.05, 3.63) is 53.6 Å². The maximum atomic E-state index is 13.2. The fourth-order valence-corrected chi connectivity index (χ4v) is 3.84. The molecule has 0 unspecified atom stereocenters. The molecule has 0 aliphatic carbocycles. The lowest BCUT2D eigenvalue weighted by Crippen LogP contribution is -2.60. The number of rotatable bonds is 7. The van der Waals surface area contributed by atoms with E-state index in [0.717, 1.165) is 10.9 Å². The number of nitrogen functional groups attached to an aromatic ring is 1. The van der Waals surface area contributed by atoms with Gasteiger partial charge in [0.1, 0.15) is 29.1 Å². The van der Waals surface area contributed by atoms with Gasteiger partial charge in [0.15, 0.2) is 6.61 Å². The number of ether oxygens (including phenoxy) is 2. The second kappa shape index (κ2) is 9.97. The molecule has 33 heavy (non-hydrogen) atoms. The summed E-state index contributed by atoms with van der Waals surface area (Å²) in [5.74, 6) is 0.332. The van der Waals surface area contributed by atoms with Gasteiger partial charge in [-0.2, -0.15) is 0 Å². The minimum absolute atomic E-state index is 0.0883. The average molecular weight is 471 g/mol. The smallest absolute Gasteiger partial charge is 0.261 e. The van der Waals surface area contributed by atoms with Crippen LogP contribution in [0.25, 0.3) is 10.9 Å². The first-order valence-electron chi connectivity index (χ1n) is 10.3. The predicted molar refractivity (Wildman–Crippen MR) is 121 cm³/mol. The van der Waals surface area contributed by atoms with Crippen LogP contribution in [0.1, 0.15) is 5.56 Å². The van der Waals surface area contributed by atoms with E-state index in [0.29, 0.717) is 41.9 Å². The molecule has 0 radical (unpaired) electrons. The van der Waals surface area contributed by atoms with Crippen LogP contribution in [0.2, 0.25) is 5.15 Å². The van der Waals surface area contributed by atoms with Crippen LogP contribution in [0.4, 0.5) is 5.82 Å². The Balaban J connectivity index is 1.43. The molecule has 3 heterocycles. The number of hydrogen-bond acceptors (Lipinski definition) is 8. The molecule has 1 aliphatic heterocycles. The molecule has 0 saturated carbocycles. The minimum Gasteiger partial charge on any atom is -0.482 e. The zero-order valence-electron chi connectivity index (χ0n) is 18.0. The van der Waals surface area contributed by atoms with E-state index in [4.69, 9.17) is 26.8 Å². The van der Waals surface area contributed by atoms with E-state index in [-0.39, 0.29) is 25.0 Å². The van der Waals surface area contributed by atoms with Gasteiger partial charge in [0.2, 0.25) is 5.91 Å². The Hall–Kier alpha value is -3.50. The topological polar surface area (TPSA) is 124 Å². The third kappa shape index (κ3) is 5.12. The van der Waals surface area contributed by atoms with Gasteiger partial charge in [-0.1, -0.05) is 17.7 Å². The van der Waals surface area contributed by atoms with Gasteiger partial charge < -0.3 is 25.0 Å². The molecule has 0 bridgehead atoms. The van der Waals surface area contributed by atoms with Gasteiger partial charge in [-0.25, -0.2) is 15.0 Å². The van der Waals surface area contributed by atoms with E-state index in [9.17, 15) is 9.59 Å². The quantitative estimate of drug-likeness (QED) is 0.515. The van der Waals surface area contributed by atoms with E-state index in [1.807, 2.05) is 18.2 Å². The monoisotopic (exact) mass is 470 g/mol. The van der Waals surface area contributed by atoms with Crippen LogP contribution in [0.5, 0.6) is 5.75 Å². The summed E-state index contributed by atoms with van der Waals surface area (Å²) in [5.41, 5.74) is 7.51. The summed E-state index contributed by atoms with van der Waals surface area (Å²) in [7, 11) is 1.50. The van der Waals surface area contributed by atoms with E-state index >= 15 is 0 Å². The summed E-state index contributed by atoms with van der Waals surface area (Å²) in [6.45, 7) is 1.00. The highest BCUT2D eigenvalue weighted by Gasteiger charge is 2.37. The highest BCUT2D eigenvalue weighted by Crippen LogP contribution is 2.21. The summed E-state index contributed by atoms with van der Waals surface area (Å²) >= 11 is 5.76. The first kappa shape index (κ1) is 22.7. The second-order valence-electron chi connectivity index (χ2n) is 7.53. The number of aromatic nitrogens is 3. The van der Waals surface area contributed by atoms with Crippen LogP contribution >= 0.6 is 11.6 Å². The van der Waals surface area contributed by atoms with Gasteiger partial charge in [0.05, 0.1) is 18.3 Å². The van der Waals surface area contributed by atoms with E-state index in [1.54, 1.807) is 17.0 Å². The maximum absolute atomic E-state index is 13.2. The standard InChI is InChI=1S/C22H23ClN6O4/c1-32-11-18-22(31)28(10-14-2-4-16-17(8-14)26-13-27-21(16)24)6-7-29(18)20(30)12-33-15-3-5-19(23)25-9-15/h2-5,8-9,13,18H,6-7,10-12H2,1H3,(H2,24,26,27)/t18-/m0/s1. The Labute approximate surface area is 195 Å². The van der Waals surface area contributed by atoms with Gasteiger partial charge in [-0.15, -0.1) is 0 Å². The molecular weight excluding hydrogens is 448 g/mol. The third-order valence-electron chi connectivity index (χ3n) is 5.40. The molecule has 4 rings (SSSR count). The van der Waals surface area contributed by atoms with Crippen LogP contribution in [0.15, 0.2) is 42.9 Å². The summed E-state index contributed by atoms with van der Waals surface area (Å²) < 4.78 is 10.8. The van der Waals surface area contributed by atoms with Crippen LogP contribution in [-0.4, -0.2) is 76.0 Å². The largest absolute Gasteiger partial charge is 0.482 e. The number of halogens is 1. The first-order valence-corrected chi connectivity index (χ1v) is 10.6. The zero-order chi connectivity index (χ0) is 23.4. The minimum atomic E-state index is -0.735. The van der Waals surface area contributed by atoms with E-state index in [2.05, 4.69) is 15.0 Å². The van der Waals surface area contributed by atoms with Gasteiger partial charge in [-0.3, -0.25) is 9.59 Å². The molecule has 11 heteroatoms. The number of methoxy groups -OCH3 is 1. The summed E-state index contributed by atoms with van der Waals surface area (Å²) in [4.78, 5) is 41.4. The predicted octanol–water partition coefficient (Wildman–Crippen LogP) is 1.53. The number of anilines is 1. The molecule has 1 atom stereocenters. The van der Waals surface area contributed by atoms with Crippen molar-refractivity contribution in [1.82, 2.24) is 24.8 Å². The van der Waals surface area contributed by atoms with Crippen molar-refractivity contribution < 1.29 is 19.1 Å². The molecule has 2 aromatic heterocycles. The number of amides is 2. The van der Waals surface area contributed by atoms with Crippen LogP contribution in [0.3, 0.4) is 0 Å². The van der Waals surface area contributed by atoms with Crippen molar-refractivity contribution in [3.63, 3.8) is 0 Å². The molecule has 10 nitrogen and oxygen atoms in total. The summed E-state index contributed by atoms with van der Waals surface area (Å²) in [6.07, 6.45) is 2.85. The normalized spacial score (nSPS) is 16.3. The highest BCUT2D eigenvalue weighted by atomic mass is 35.5. The number of nitrogens with zero attached hydrogens (tertiary/aromatic N) is 5. The third-order valence-corrected chi connectivity index (χ3v) is 5.62. The number of nitrogens with two attached hydrogens (primary N) is 1. The molecule has 1 aromatic carbocycles. The molecule has 2 N–H and O–H groups in total. The SMILES string of the molecule is COC[C@H]1C(=O)N(Cc2ccc3c(N)ncnc3c2)CCN1C(=O)COc1ccc(Cl)nc1. The molecular formula is C22H23ClN6O4. The molecule has 172 valence electrons. The van der Waals surface area contributed by atoms with E-state index in [1.165, 1.54) is 24.5 Å². The van der Waals surface area contributed by atoms with E-state index < -0.39 is 6.04 Å². The summed E-state index contributed by atoms with van der Waals surface area (Å²) in [5, 5.41) is 1.09. The maximum Gasteiger partial charge on any atom is 0.261 e. The Bertz CT molecular complexity index is 1160. The highest BCUT2D eigenvalue weighted by molar-refractivity contribution is 6.29. The van der Waals surface area contributed by atoms with Crippen molar-refractivity contribution in [1.29, 1.82) is 0 Å². The fourth-order valence-electron chi connectivity index (χ4n) is 3.73. The molecule has 3 aromatic rings. The van der Waals surface area contributed by atoms with Gasteiger partial charge in [-0.05, 0) is 29.8 Å². The van der Waals surface area contributed by atoms with Crippen molar-refractivity contribution >= 4 is 40.1 Å². The number of fused-ring (bicyclic) bond motifs is 1. The van der Waals surface area contributed by atoms with Crippen molar-refractivity contribution in [2.24, 2.45) is 0 Å². The first-order chi connectivity index (χ1) is 16.0. The Morgan fingerprint density at radius 1 is 1.21 bits per heavy atom. The zero-order valence-corrected chi connectivity index (χ0v) is 18.7. The number of carbonyl (C=O) groups excluding carboxylic acids is 2. The van der Waals surface area contributed by atoms with Crippen LogP contribution in [0, 0.1) is 0 Å². The number of hydrogen-bond donors (Lipinski definition) is 1. The molecule has 0 spiro atoms. The lowest BCUT2D eigenvalue weighted by atomic mass is 10.1. The van der Waals surface area contributed by atoms with Crippen molar-refractivity contribution in [2.45, 2.75) is 12.6 Å². The number of benzene rings is 1. The summed E-state index contributed by atoms with van der Waals surface area (Å²) in [6, 6.07) is 8.09. The Morgan fingerprint density at radius 3 is 2.82 bits per heavy atom. The molecule has 1 fully saturated rings. The Kier molecular flexibility index (Phi) is 6.85. The number of pyridine rings is 1. The van der Waals surface area contributed by atoms with Gasteiger partial charge in [0.25, 0.3) is 5.91 Å². The fraction of sp³-hybridized carbons (Fsp3) is 0.318. The lowest BCUT2D eigenvalue weighted by Gasteiger charge is -2.40. The lowest BCUT2D eigenvalue weighted by molar-refractivity contribution is -0.155. The molecule has 1 saturated heterocycles. The van der Waals surface area contributed by atoms with Gasteiger partial charge in [0, 0.05) is 32.1 Å². The van der Waals surface area contributed by atoms with Gasteiger partial charge >= 0.3 is 0 Å². The molecule has 2 amide bonds. The Morgan fingerprint density at radius 2 is 2.06 bits per heavy atom. The van der Waals surface area contributed by atoms with Crippen LogP contribution in [-0.2, 0) is 20.9 Å². The van der Waals surface area contributed by atoms with Crippen molar-refractivity contribution in [2.75, 3.05) is 39.1 Å². The average Bonchev–Trinajstić information content (AvgIpc) is 2.81.